The van der Waals surface area contributed by atoms with Gasteiger partial charge in [-0.3, -0.25) is 0 Å². The molecular weight excluding hydrogens is 263 g/mol. The largest absolute Gasteiger partial charge is 1.00 e. The SMILES string of the molecule is COC(c1ccccc1)(c1ccccc1)C(O)C(=O)O.[H-].[Li+]. The van der Waals surface area contributed by atoms with Gasteiger partial charge in [-0.05, 0) is 11.1 Å². The summed E-state index contributed by atoms with van der Waals surface area (Å²) in [7, 11) is 1.40. The summed E-state index contributed by atoms with van der Waals surface area (Å²) in [4.78, 5) is 11.3. The summed E-state index contributed by atoms with van der Waals surface area (Å²) in [6.45, 7) is 0. The third-order valence-corrected chi connectivity index (χ3v) is 3.35. The van der Waals surface area contributed by atoms with Crippen molar-refractivity contribution < 1.29 is 40.0 Å². The number of carbonyl (C=O) groups is 1. The van der Waals surface area contributed by atoms with E-state index in [1.54, 1.807) is 48.5 Å². The number of rotatable bonds is 5. The molecule has 0 bridgehead atoms. The van der Waals surface area contributed by atoms with Crippen molar-refractivity contribution in [3.63, 3.8) is 0 Å². The van der Waals surface area contributed by atoms with Gasteiger partial charge in [-0.15, -0.1) is 0 Å². The van der Waals surface area contributed by atoms with Crippen LogP contribution >= 0.6 is 0 Å². The van der Waals surface area contributed by atoms with Gasteiger partial charge in [0.15, 0.2) is 11.7 Å². The predicted molar refractivity (Wildman–Crippen MR) is 75.4 cm³/mol. The molecule has 0 amide bonds. The van der Waals surface area contributed by atoms with Crippen molar-refractivity contribution in [1.29, 1.82) is 0 Å². The van der Waals surface area contributed by atoms with E-state index in [4.69, 9.17) is 4.74 Å². The fraction of sp³-hybridized carbons (Fsp3) is 0.188. The Hall–Kier alpha value is -1.57. The first-order chi connectivity index (χ1) is 9.63. The van der Waals surface area contributed by atoms with E-state index in [0.29, 0.717) is 11.1 Å². The fourth-order valence-corrected chi connectivity index (χ4v) is 2.38. The van der Waals surface area contributed by atoms with Gasteiger partial charge in [0.2, 0.25) is 0 Å². The van der Waals surface area contributed by atoms with E-state index in [9.17, 15) is 15.0 Å². The smallest absolute Gasteiger partial charge is 1.00 e. The van der Waals surface area contributed by atoms with Crippen molar-refractivity contribution in [2.24, 2.45) is 0 Å². The Bertz CT molecular complexity index is 538. The third-order valence-electron chi connectivity index (χ3n) is 3.35. The Balaban J connectivity index is 0.00000220. The number of carboxylic acid groups (broad SMARTS) is 1. The van der Waals surface area contributed by atoms with Gasteiger partial charge >= 0.3 is 24.8 Å². The molecule has 1 unspecified atom stereocenters. The van der Waals surface area contributed by atoms with Crippen LogP contribution in [0.4, 0.5) is 0 Å². The average Bonchev–Trinajstić information content (AvgIpc) is 2.50. The Morgan fingerprint density at radius 1 is 1.05 bits per heavy atom. The molecule has 0 aliphatic rings. The van der Waals surface area contributed by atoms with Crippen LogP contribution in [-0.4, -0.2) is 29.4 Å². The normalized spacial score (nSPS) is 12.3. The van der Waals surface area contributed by atoms with Gasteiger partial charge in [-0.1, -0.05) is 60.7 Å². The minimum atomic E-state index is -1.71. The minimum absolute atomic E-state index is 0. The molecule has 0 radical (unpaired) electrons. The van der Waals surface area contributed by atoms with Crippen LogP contribution in [0.5, 0.6) is 0 Å². The monoisotopic (exact) mass is 280 g/mol. The third kappa shape index (κ3) is 3.20. The number of ether oxygens (including phenoxy) is 1. The Labute approximate surface area is 137 Å². The van der Waals surface area contributed by atoms with Gasteiger partial charge in [-0.2, -0.15) is 0 Å². The number of hydrogen-bond donors (Lipinski definition) is 2. The van der Waals surface area contributed by atoms with Gasteiger partial charge in [0.25, 0.3) is 0 Å². The predicted octanol–water partition coefficient (Wildman–Crippen LogP) is -0.861. The van der Waals surface area contributed by atoms with Crippen molar-refractivity contribution in [3.8, 4) is 0 Å². The minimum Gasteiger partial charge on any atom is -1.00 e. The Morgan fingerprint density at radius 2 is 1.43 bits per heavy atom. The van der Waals surface area contributed by atoms with Crippen LogP contribution in [0, 0.1) is 0 Å². The summed E-state index contributed by atoms with van der Waals surface area (Å²) in [6.07, 6.45) is -1.71. The molecule has 0 aliphatic heterocycles. The van der Waals surface area contributed by atoms with Crippen molar-refractivity contribution in [2.75, 3.05) is 7.11 Å². The van der Waals surface area contributed by atoms with E-state index < -0.39 is 17.7 Å². The van der Waals surface area contributed by atoms with E-state index in [2.05, 4.69) is 0 Å². The number of hydrogen-bond acceptors (Lipinski definition) is 3. The van der Waals surface area contributed by atoms with Crippen LogP contribution in [0.15, 0.2) is 60.7 Å². The molecular formula is C16H17LiO4. The molecule has 1 atom stereocenters. The Morgan fingerprint density at radius 3 is 1.71 bits per heavy atom. The molecule has 0 aliphatic carbocycles. The Kier molecular flexibility index (Phi) is 6.19. The van der Waals surface area contributed by atoms with Gasteiger partial charge < -0.3 is 16.4 Å². The molecule has 0 heterocycles. The van der Waals surface area contributed by atoms with Gasteiger partial charge in [0, 0.05) is 7.11 Å². The van der Waals surface area contributed by atoms with Crippen LogP contribution in [0.1, 0.15) is 12.6 Å². The zero-order valence-corrected chi connectivity index (χ0v) is 12.1. The van der Waals surface area contributed by atoms with Crippen molar-refractivity contribution in [1.82, 2.24) is 0 Å². The number of aliphatic hydroxyl groups is 1. The van der Waals surface area contributed by atoms with E-state index in [-0.39, 0.29) is 20.3 Å². The van der Waals surface area contributed by atoms with Crippen LogP contribution in [0.25, 0.3) is 0 Å². The second-order valence-electron chi connectivity index (χ2n) is 4.41. The molecule has 2 N–H and O–H groups in total. The zero-order chi connectivity index (χ0) is 14.6. The van der Waals surface area contributed by atoms with Crippen molar-refractivity contribution >= 4 is 5.97 Å². The van der Waals surface area contributed by atoms with Crippen LogP contribution < -0.4 is 18.9 Å². The van der Waals surface area contributed by atoms with Gasteiger partial charge in [0.1, 0.15) is 0 Å². The molecule has 106 valence electrons. The summed E-state index contributed by atoms with van der Waals surface area (Å²) in [6, 6.07) is 17.7. The van der Waals surface area contributed by atoms with Gasteiger partial charge in [0.05, 0.1) is 0 Å². The molecule has 2 aromatic rings. The maximum Gasteiger partial charge on any atom is 1.00 e. The first-order valence-corrected chi connectivity index (χ1v) is 6.20. The maximum atomic E-state index is 11.3. The first-order valence-electron chi connectivity index (χ1n) is 6.20. The van der Waals surface area contributed by atoms with E-state index in [0.717, 1.165) is 0 Å². The summed E-state index contributed by atoms with van der Waals surface area (Å²) in [5.74, 6) is -1.33. The molecule has 4 nitrogen and oxygen atoms in total. The summed E-state index contributed by atoms with van der Waals surface area (Å²) >= 11 is 0. The molecule has 2 aromatic carbocycles. The van der Waals surface area contributed by atoms with Crippen LogP contribution in [-0.2, 0) is 15.1 Å². The number of aliphatic hydroxyl groups excluding tert-OH is 1. The standard InChI is InChI=1S/C16H16O4.Li.H/c1-20-16(14(17)15(18)19,12-8-4-2-5-9-12)13-10-6-3-7-11-13;;/h2-11,14,17H,1H3,(H,18,19);;/q;+1;-1. The number of benzene rings is 2. The quantitative estimate of drug-likeness (QED) is 0.699. The second kappa shape index (κ2) is 7.44. The molecule has 0 saturated heterocycles. The molecule has 5 heteroatoms. The van der Waals surface area contributed by atoms with Crippen LogP contribution in [0.3, 0.4) is 0 Å². The summed E-state index contributed by atoms with van der Waals surface area (Å²) < 4.78 is 5.50. The van der Waals surface area contributed by atoms with E-state index in [1.165, 1.54) is 7.11 Å². The topological polar surface area (TPSA) is 66.8 Å². The summed E-state index contributed by atoms with van der Waals surface area (Å²) in [5.41, 5.74) is -0.263. The van der Waals surface area contributed by atoms with Crippen molar-refractivity contribution in [2.45, 2.75) is 11.7 Å². The second-order valence-corrected chi connectivity index (χ2v) is 4.41. The fourth-order valence-electron chi connectivity index (χ4n) is 2.38. The molecule has 0 spiro atoms. The van der Waals surface area contributed by atoms with Crippen LogP contribution in [0.2, 0.25) is 0 Å². The van der Waals surface area contributed by atoms with Gasteiger partial charge in [-0.25, -0.2) is 4.79 Å². The summed E-state index contributed by atoms with van der Waals surface area (Å²) in [5, 5.41) is 19.5. The molecule has 21 heavy (non-hydrogen) atoms. The first kappa shape index (κ1) is 17.5. The number of methoxy groups -OCH3 is 1. The van der Waals surface area contributed by atoms with Crippen molar-refractivity contribution in [3.05, 3.63) is 71.8 Å². The zero-order valence-electron chi connectivity index (χ0n) is 13.1. The molecule has 0 fully saturated rings. The van der Waals surface area contributed by atoms with E-state index in [1.807, 2.05) is 12.1 Å². The molecule has 0 aromatic heterocycles. The number of aliphatic carboxylic acids is 1. The maximum absolute atomic E-state index is 11.3. The molecule has 2 rings (SSSR count). The molecule has 0 saturated carbocycles. The average molecular weight is 280 g/mol. The number of carboxylic acids is 1. The van der Waals surface area contributed by atoms with E-state index >= 15 is 0 Å².